The molecule has 1 N–H and O–H groups in total. The Morgan fingerprint density at radius 1 is 1.21 bits per heavy atom. The molecular weight excluding hydrogens is 310 g/mol. The topological polar surface area (TPSA) is 103 Å². The fourth-order valence-corrected chi connectivity index (χ4v) is 1.98. The van der Waals surface area contributed by atoms with Crippen LogP contribution in [-0.4, -0.2) is 32.7 Å². The summed E-state index contributed by atoms with van der Waals surface area (Å²) in [4.78, 5) is 20.0. The van der Waals surface area contributed by atoms with E-state index in [1.54, 1.807) is 30.5 Å². The van der Waals surface area contributed by atoms with E-state index in [0.29, 0.717) is 18.0 Å². The number of amides is 1. The van der Waals surface area contributed by atoms with Gasteiger partial charge in [0.1, 0.15) is 17.9 Å². The maximum absolute atomic E-state index is 12.0. The van der Waals surface area contributed by atoms with Crippen LogP contribution in [0.2, 0.25) is 0 Å². The predicted molar refractivity (Wildman–Crippen MR) is 85.3 cm³/mol. The van der Waals surface area contributed by atoms with E-state index in [0.717, 1.165) is 5.75 Å². The number of rotatable bonds is 6. The van der Waals surface area contributed by atoms with Crippen LogP contribution in [0.4, 0.5) is 5.69 Å². The van der Waals surface area contributed by atoms with Crippen molar-refractivity contribution in [3.8, 4) is 17.3 Å². The van der Waals surface area contributed by atoms with Gasteiger partial charge in [-0.05, 0) is 31.2 Å². The van der Waals surface area contributed by atoms with Crippen molar-refractivity contribution in [1.82, 2.24) is 20.2 Å². The molecule has 8 heteroatoms. The summed E-state index contributed by atoms with van der Waals surface area (Å²) in [5.74, 6) is 0.931. The van der Waals surface area contributed by atoms with Crippen LogP contribution in [0.3, 0.4) is 0 Å². The number of nitrogens with one attached hydrogen (secondary N) is 1. The molecule has 3 aromatic rings. The Morgan fingerprint density at radius 3 is 2.75 bits per heavy atom. The van der Waals surface area contributed by atoms with Crippen molar-refractivity contribution in [2.45, 2.75) is 13.3 Å². The lowest BCUT2D eigenvalue weighted by molar-refractivity contribution is -0.115. The van der Waals surface area contributed by atoms with Gasteiger partial charge in [0.25, 0.3) is 5.89 Å². The normalized spacial score (nSPS) is 10.4. The van der Waals surface area contributed by atoms with E-state index in [4.69, 9.17) is 9.15 Å². The number of aromatic nitrogens is 4. The molecule has 1 amide bonds. The monoisotopic (exact) mass is 325 g/mol. The molecule has 2 heterocycles. The summed E-state index contributed by atoms with van der Waals surface area (Å²) in [5, 5.41) is 10.5. The number of nitrogens with zero attached hydrogens (tertiary/aromatic N) is 4. The molecule has 0 unspecified atom stereocenters. The lowest BCUT2D eigenvalue weighted by Gasteiger charge is -2.06. The molecule has 0 fully saturated rings. The molecule has 8 nitrogen and oxygen atoms in total. The number of carbonyl (C=O) groups excluding carboxylic acids is 1. The first-order valence-electron chi connectivity index (χ1n) is 7.36. The van der Waals surface area contributed by atoms with E-state index in [-0.39, 0.29) is 24.1 Å². The van der Waals surface area contributed by atoms with Gasteiger partial charge in [-0.3, -0.25) is 9.78 Å². The van der Waals surface area contributed by atoms with E-state index in [9.17, 15) is 4.79 Å². The molecule has 122 valence electrons. The van der Waals surface area contributed by atoms with Crippen LogP contribution in [0.5, 0.6) is 5.75 Å². The highest BCUT2D eigenvalue weighted by molar-refractivity contribution is 5.91. The van der Waals surface area contributed by atoms with E-state index in [2.05, 4.69) is 25.5 Å². The smallest absolute Gasteiger partial charge is 0.267 e. The first-order chi connectivity index (χ1) is 11.7. The number of hydrogen-bond acceptors (Lipinski definition) is 7. The lowest BCUT2D eigenvalue weighted by atomic mass is 10.3. The Hall–Kier alpha value is -3.29. The molecule has 0 atom stereocenters. The van der Waals surface area contributed by atoms with Gasteiger partial charge in [-0.15, -0.1) is 10.2 Å². The van der Waals surface area contributed by atoms with Gasteiger partial charge in [-0.2, -0.15) is 0 Å². The van der Waals surface area contributed by atoms with E-state index in [1.807, 2.05) is 6.92 Å². The minimum Gasteiger partial charge on any atom is -0.494 e. The fraction of sp³-hybridized carbons (Fsp3) is 0.188. The second-order valence-corrected chi connectivity index (χ2v) is 4.77. The first-order valence-corrected chi connectivity index (χ1v) is 7.36. The van der Waals surface area contributed by atoms with Crippen LogP contribution in [0, 0.1) is 0 Å². The number of carbonyl (C=O) groups is 1. The van der Waals surface area contributed by atoms with Crippen LogP contribution < -0.4 is 10.1 Å². The Bertz CT molecular complexity index is 802. The Kier molecular flexibility index (Phi) is 4.76. The van der Waals surface area contributed by atoms with Gasteiger partial charge in [0, 0.05) is 18.1 Å². The quantitative estimate of drug-likeness (QED) is 0.740. The summed E-state index contributed by atoms with van der Waals surface area (Å²) in [6.45, 7) is 2.51. The predicted octanol–water partition coefficient (Wildman–Crippen LogP) is 2.11. The molecular formula is C16H15N5O3. The van der Waals surface area contributed by atoms with E-state index < -0.39 is 0 Å². The third-order valence-electron chi connectivity index (χ3n) is 3.01. The zero-order valence-electron chi connectivity index (χ0n) is 13.0. The molecule has 0 saturated heterocycles. The summed E-state index contributed by atoms with van der Waals surface area (Å²) in [7, 11) is 0. The lowest BCUT2D eigenvalue weighted by Crippen LogP contribution is -2.14. The van der Waals surface area contributed by atoms with Crippen molar-refractivity contribution in [3.05, 3.63) is 48.7 Å². The van der Waals surface area contributed by atoms with Gasteiger partial charge < -0.3 is 14.5 Å². The first kappa shape index (κ1) is 15.6. The Labute approximate surface area is 137 Å². The molecule has 0 aliphatic carbocycles. The summed E-state index contributed by atoms with van der Waals surface area (Å²) >= 11 is 0. The molecule has 0 aliphatic heterocycles. The van der Waals surface area contributed by atoms with E-state index >= 15 is 0 Å². The molecule has 24 heavy (non-hydrogen) atoms. The molecule has 1 aromatic carbocycles. The molecule has 2 aromatic heterocycles. The summed E-state index contributed by atoms with van der Waals surface area (Å²) in [5.41, 5.74) is 1.13. The minimum atomic E-state index is -0.256. The van der Waals surface area contributed by atoms with Crippen molar-refractivity contribution in [2.75, 3.05) is 11.9 Å². The van der Waals surface area contributed by atoms with Crippen molar-refractivity contribution in [1.29, 1.82) is 0 Å². The zero-order chi connectivity index (χ0) is 16.8. The fourth-order valence-electron chi connectivity index (χ4n) is 1.98. The van der Waals surface area contributed by atoms with Crippen molar-refractivity contribution in [3.63, 3.8) is 0 Å². The number of benzene rings is 1. The number of anilines is 1. The van der Waals surface area contributed by atoms with Gasteiger partial charge in [0.2, 0.25) is 11.8 Å². The van der Waals surface area contributed by atoms with Gasteiger partial charge in [-0.25, -0.2) is 4.98 Å². The maximum atomic E-state index is 12.0. The standard InChI is InChI=1S/C16H15N5O3/c1-2-23-12-5-3-11(4-6-12)19-14(22)9-15-20-21-16(24-15)13-10-17-7-8-18-13/h3-8,10H,2,9H2,1H3,(H,19,22). The van der Waals surface area contributed by atoms with Crippen molar-refractivity contribution in [2.24, 2.45) is 0 Å². The van der Waals surface area contributed by atoms with Gasteiger partial charge in [0.05, 0.1) is 12.8 Å². The van der Waals surface area contributed by atoms with E-state index in [1.165, 1.54) is 12.4 Å². The molecule has 0 bridgehead atoms. The average molecular weight is 325 g/mol. The minimum absolute atomic E-state index is 0.0273. The summed E-state index contributed by atoms with van der Waals surface area (Å²) < 4.78 is 10.8. The zero-order valence-corrected chi connectivity index (χ0v) is 13.0. The van der Waals surface area contributed by atoms with Crippen LogP contribution in [0.15, 0.2) is 47.3 Å². The third-order valence-corrected chi connectivity index (χ3v) is 3.01. The largest absolute Gasteiger partial charge is 0.494 e. The molecule has 0 aliphatic rings. The number of hydrogen-bond donors (Lipinski definition) is 1. The maximum Gasteiger partial charge on any atom is 0.267 e. The van der Waals surface area contributed by atoms with Crippen molar-refractivity contribution >= 4 is 11.6 Å². The molecule has 3 rings (SSSR count). The molecule has 0 saturated carbocycles. The SMILES string of the molecule is CCOc1ccc(NC(=O)Cc2nnc(-c3cnccn3)o2)cc1. The van der Waals surface area contributed by atoms with Crippen LogP contribution >= 0.6 is 0 Å². The molecule has 0 radical (unpaired) electrons. The van der Waals surface area contributed by atoms with Crippen LogP contribution in [0.1, 0.15) is 12.8 Å². The third kappa shape index (κ3) is 3.92. The summed E-state index contributed by atoms with van der Waals surface area (Å²) in [6, 6.07) is 7.11. The number of ether oxygens (including phenoxy) is 1. The highest BCUT2D eigenvalue weighted by atomic mass is 16.5. The second-order valence-electron chi connectivity index (χ2n) is 4.77. The Morgan fingerprint density at radius 2 is 2.04 bits per heavy atom. The second kappa shape index (κ2) is 7.32. The summed E-state index contributed by atoms with van der Waals surface area (Å²) in [6.07, 6.45) is 4.56. The Balaban J connectivity index is 1.60. The van der Waals surface area contributed by atoms with Gasteiger partial charge in [0.15, 0.2) is 0 Å². The average Bonchev–Trinajstić information content (AvgIpc) is 3.06. The van der Waals surface area contributed by atoms with Crippen LogP contribution in [-0.2, 0) is 11.2 Å². The van der Waals surface area contributed by atoms with Crippen molar-refractivity contribution < 1.29 is 13.9 Å². The molecule has 0 spiro atoms. The van der Waals surface area contributed by atoms with Crippen LogP contribution in [0.25, 0.3) is 11.6 Å². The van der Waals surface area contributed by atoms with Gasteiger partial charge in [-0.1, -0.05) is 0 Å². The van der Waals surface area contributed by atoms with Gasteiger partial charge >= 0.3 is 0 Å². The highest BCUT2D eigenvalue weighted by Gasteiger charge is 2.13. The highest BCUT2D eigenvalue weighted by Crippen LogP contribution is 2.17.